The second kappa shape index (κ2) is 2.67. The summed E-state index contributed by atoms with van der Waals surface area (Å²) in [6, 6.07) is -1.54. The van der Waals surface area contributed by atoms with Crippen molar-refractivity contribution in [2.45, 2.75) is 0 Å². The number of nitrogens with two attached hydrogens (primary N) is 1. The van der Waals surface area contributed by atoms with E-state index in [1.165, 1.54) is 0 Å². The Morgan fingerprint density at radius 3 is 1.40 bits per heavy atom. The molecule has 0 unspecified atom stereocenters. The number of carbonyl (C=O) groups excluding carboxylic acids is 1. The Morgan fingerprint density at radius 1 is 1.10 bits per heavy atom. The molecule has 0 atom stereocenters. The highest BCUT2D eigenvalue weighted by atomic mass is 16.4. The quantitative estimate of drug-likeness (QED) is 0.436. The molecule has 0 saturated heterocycles. The van der Waals surface area contributed by atoms with Crippen LogP contribution >= 0.6 is 0 Å². The van der Waals surface area contributed by atoms with Crippen LogP contribution in [0.1, 0.15) is 0 Å². The third kappa shape index (κ3) is 1.62. The maximum absolute atomic E-state index is 9.97. The van der Waals surface area contributed by atoms with Gasteiger partial charge in [-0.1, -0.05) is 0 Å². The summed E-state index contributed by atoms with van der Waals surface area (Å²) in [6.07, 6.45) is -3.83. The van der Waals surface area contributed by atoms with Crippen molar-refractivity contribution in [2.24, 2.45) is 5.73 Å². The zero-order chi connectivity index (χ0) is 8.31. The first-order valence-electron chi connectivity index (χ1n) is 2.02. The largest absolute Gasteiger partial charge is 0.464 e. The zero-order valence-electron chi connectivity index (χ0n) is 4.64. The summed E-state index contributed by atoms with van der Waals surface area (Å²) < 4.78 is 0. The zero-order valence-corrected chi connectivity index (χ0v) is 4.64. The number of hydrogen-bond donors (Lipinski definition) is 3. The van der Waals surface area contributed by atoms with Gasteiger partial charge in [0, 0.05) is 0 Å². The minimum Gasteiger partial charge on any atom is -0.464 e. The second-order valence-corrected chi connectivity index (χ2v) is 1.24. The smallest absolute Gasteiger partial charge is 0.425 e. The van der Waals surface area contributed by atoms with E-state index in [4.69, 9.17) is 10.2 Å². The van der Waals surface area contributed by atoms with Crippen molar-refractivity contribution >= 4 is 18.2 Å². The van der Waals surface area contributed by atoms with Crippen LogP contribution in [0.4, 0.5) is 14.4 Å². The summed E-state index contributed by atoms with van der Waals surface area (Å²) in [5.41, 5.74) is 4.36. The average Bonchev–Trinajstić information content (AvgIpc) is 1.59. The van der Waals surface area contributed by atoms with Gasteiger partial charge in [0.25, 0.3) is 0 Å². The van der Waals surface area contributed by atoms with Crippen molar-refractivity contribution in [1.29, 1.82) is 0 Å². The molecule has 56 valence electrons. The van der Waals surface area contributed by atoms with Crippen molar-refractivity contribution in [3.8, 4) is 0 Å². The lowest BCUT2D eigenvalue weighted by atomic mass is 10.8. The lowest BCUT2D eigenvalue weighted by Crippen LogP contribution is -2.43. The molecule has 4 N–H and O–H groups in total. The molecule has 0 bridgehead atoms. The SMILES string of the molecule is NC(=O)N(C(=O)O)C(=O)O. The Morgan fingerprint density at radius 2 is 1.40 bits per heavy atom. The molecule has 0 aromatic carbocycles. The highest BCUT2D eigenvalue weighted by Gasteiger charge is 2.24. The Bertz CT molecular complexity index is 154. The van der Waals surface area contributed by atoms with Crippen LogP contribution in [0, 0.1) is 0 Å². The molecule has 4 amide bonds. The van der Waals surface area contributed by atoms with Crippen LogP contribution in [0.25, 0.3) is 0 Å². The molecule has 0 rings (SSSR count). The number of rotatable bonds is 0. The van der Waals surface area contributed by atoms with E-state index in [-0.39, 0.29) is 0 Å². The van der Waals surface area contributed by atoms with Gasteiger partial charge in [0.05, 0.1) is 0 Å². The fourth-order valence-corrected chi connectivity index (χ4v) is 0.270. The number of primary amides is 1. The second-order valence-electron chi connectivity index (χ2n) is 1.24. The Kier molecular flexibility index (Phi) is 2.19. The normalized spacial score (nSPS) is 8.40. The lowest BCUT2D eigenvalue weighted by Gasteiger charge is -2.05. The van der Waals surface area contributed by atoms with Crippen molar-refractivity contribution < 1.29 is 24.6 Å². The highest BCUT2D eigenvalue weighted by molar-refractivity contribution is 6.03. The maximum Gasteiger partial charge on any atom is 0.425 e. The van der Waals surface area contributed by atoms with E-state index in [1.54, 1.807) is 0 Å². The summed E-state index contributed by atoms with van der Waals surface area (Å²) in [5, 5.41) is 15.9. The van der Waals surface area contributed by atoms with Crippen LogP contribution in [0.2, 0.25) is 0 Å². The van der Waals surface area contributed by atoms with E-state index in [1.807, 2.05) is 0 Å². The van der Waals surface area contributed by atoms with Crippen molar-refractivity contribution in [1.82, 2.24) is 4.90 Å². The van der Waals surface area contributed by atoms with Gasteiger partial charge < -0.3 is 15.9 Å². The van der Waals surface area contributed by atoms with E-state index in [0.29, 0.717) is 0 Å². The van der Waals surface area contributed by atoms with E-state index >= 15 is 0 Å². The third-order valence-corrected chi connectivity index (χ3v) is 0.603. The van der Waals surface area contributed by atoms with E-state index in [9.17, 15) is 14.4 Å². The molecular weight excluding hydrogens is 144 g/mol. The number of imide groups is 3. The van der Waals surface area contributed by atoms with Gasteiger partial charge in [-0.3, -0.25) is 0 Å². The molecule has 0 radical (unpaired) electrons. The molecule has 0 aromatic rings. The average molecular weight is 148 g/mol. The van der Waals surface area contributed by atoms with E-state index in [2.05, 4.69) is 5.73 Å². The van der Waals surface area contributed by atoms with Crippen molar-refractivity contribution in [2.75, 3.05) is 0 Å². The number of urea groups is 1. The van der Waals surface area contributed by atoms with Gasteiger partial charge in [-0.2, -0.15) is 0 Å². The highest BCUT2D eigenvalue weighted by Crippen LogP contribution is 1.88. The topological polar surface area (TPSA) is 121 Å². The van der Waals surface area contributed by atoms with Gasteiger partial charge in [0.15, 0.2) is 0 Å². The van der Waals surface area contributed by atoms with Gasteiger partial charge in [-0.05, 0) is 0 Å². The molecule has 10 heavy (non-hydrogen) atoms. The Balaban J connectivity index is 4.43. The molecule has 0 aliphatic heterocycles. The molecule has 0 aliphatic rings. The van der Waals surface area contributed by atoms with Gasteiger partial charge in [-0.15, -0.1) is 4.90 Å². The van der Waals surface area contributed by atoms with Gasteiger partial charge in [0.2, 0.25) is 0 Å². The summed E-state index contributed by atoms with van der Waals surface area (Å²) in [5.74, 6) is 0. The van der Waals surface area contributed by atoms with Gasteiger partial charge in [-0.25, -0.2) is 14.4 Å². The van der Waals surface area contributed by atoms with E-state index in [0.717, 1.165) is 0 Å². The molecule has 7 heteroatoms. The minimum absolute atomic E-state index is 0.528. The maximum atomic E-state index is 9.97. The fraction of sp³-hybridized carbons (Fsp3) is 0. The van der Waals surface area contributed by atoms with Crippen LogP contribution in [0.15, 0.2) is 0 Å². The van der Waals surface area contributed by atoms with Gasteiger partial charge in [0.1, 0.15) is 0 Å². The number of carbonyl (C=O) groups is 3. The number of amides is 4. The predicted molar refractivity (Wildman–Crippen MR) is 27.5 cm³/mol. The molecule has 0 fully saturated rings. The standard InChI is InChI=1S/C3H4N2O5/c4-1(6)5(2(7)8)3(9)10/h(H2,4,6)(H,7,8)(H,9,10). The number of carboxylic acid groups (broad SMARTS) is 2. The molecule has 0 heterocycles. The van der Waals surface area contributed by atoms with Crippen molar-refractivity contribution in [3.05, 3.63) is 0 Å². The van der Waals surface area contributed by atoms with Crippen LogP contribution in [-0.4, -0.2) is 33.3 Å². The van der Waals surface area contributed by atoms with Crippen LogP contribution in [0.5, 0.6) is 0 Å². The van der Waals surface area contributed by atoms with Gasteiger partial charge >= 0.3 is 18.2 Å². The van der Waals surface area contributed by atoms with Crippen molar-refractivity contribution in [3.63, 3.8) is 0 Å². The summed E-state index contributed by atoms with van der Waals surface area (Å²) >= 11 is 0. The molecule has 0 saturated carbocycles. The number of hydrogen-bond acceptors (Lipinski definition) is 3. The summed E-state index contributed by atoms with van der Waals surface area (Å²) in [4.78, 5) is 29.1. The molecule has 0 aromatic heterocycles. The first-order chi connectivity index (χ1) is 4.46. The Labute approximate surface area is 54.6 Å². The minimum atomic E-state index is -1.92. The third-order valence-electron chi connectivity index (χ3n) is 0.603. The first kappa shape index (κ1) is 8.21. The molecular formula is C3H4N2O5. The molecule has 0 aliphatic carbocycles. The number of nitrogens with zero attached hydrogens (tertiary/aromatic N) is 1. The molecule has 0 spiro atoms. The first-order valence-corrected chi connectivity index (χ1v) is 2.02. The van der Waals surface area contributed by atoms with E-state index < -0.39 is 23.1 Å². The fourth-order valence-electron chi connectivity index (χ4n) is 0.270. The monoisotopic (exact) mass is 148 g/mol. The summed E-state index contributed by atoms with van der Waals surface area (Å²) in [6.45, 7) is 0. The Hall–Kier alpha value is -1.79. The van der Waals surface area contributed by atoms with Crippen LogP contribution in [0.3, 0.4) is 0 Å². The molecule has 7 nitrogen and oxygen atoms in total. The van der Waals surface area contributed by atoms with Crippen LogP contribution in [-0.2, 0) is 0 Å². The lowest BCUT2D eigenvalue weighted by molar-refractivity contribution is 0.131. The van der Waals surface area contributed by atoms with Crippen LogP contribution < -0.4 is 5.73 Å². The summed E-state index contributed by atoms with van der Waals surface area (Å²) in [7, 11) is 0. The predicted octanol–water partition coefficient (Wildman–Crippen LogP) is -0.277.